The number of rotatable bonds is 2. The summed E-state index contributed by atoms with van der Waals surface area (Å²) in [6, 6.07) is 5.97. The van der Waals surface area contributed by atoms with E-state index in [1.807, 2.05) is 32.2 Å². The van der Waals surface area contributed by atoms with Crippen molar-refractivity contribution in [3.05, 3.63) is 28.6 Å². The van der Waals surface area contributed by atoms with Crippen molar-refractivity contribution in [3.63, 3.8) is 0 Å². The Morgan fingerprint density at radius 3 is 2.93 bits per heavy atom. The van der Waals surface area contributed by atoms with Crippen LogP contribution in [-0.2, 0) is 0 Å². The van der Waals surface area contributed by atoms with E-state index in [9.17, 15) is 0 Å². The highest BCUT2D eigenvalue weighted by Crippen LogP contribution is 2.26. The van der Waals surface area contributed by atoms with E-state index in [1.165, 1.54) is 0 Å². The van der Waals surface area contributed by atoms with E-state index in [1.54, 1.807) is 0 Å². The van der Waals surface area contributed by atoms with Gasteiger partial charge in [0.2, 0.25) is 5.89 Å². The number of oxazole rings is 1. The van der Waals surface area contributed by atoms with Gasteiger partial charge in [0.15, 0.2) is 5.58 Å². The molecule has 0 amide bonds. The number of benzene rings is 1. The fourth-order valence-electron chi connectivity index (χ4n) is 1.24. The number of halogens is 1. The summed E-state index contributed by atoms with van der Waals surface area (Å²) in [5.74, 6) is 0.717. The smallest absolute Gasteiger partial charge is 0.212 e. The summed E-state index contributed by atoms with van der Waals surface area (Å²) in [6.07, 6.45) is 0. The minimum atomic E-state index is 0.134. The molecule has 0 spiro atoms. The highest BCUT2D eigenvalue weighted by molar-refractivity contribution is 9.10. The number of hydrogen-bond donors (Lipinski definition) is 1. The van der Waals surface area contributed by atoms with Crippen molar-refractivity contribution >= 4 is 27.0 Å². The molecule has 0 bridgehead atoms. The first-order chi connectivity index (χ1) is 6.72. The van der Waals surface area contributed by atoms with E-state index in [4.69, 9.17) is 4.42 Å². The van der Waals surface area contributed by atoms with Gasteiger partial charge in [0.1, 0.15) is 5.52 Å². The van der Waals surface area contributed by atoms with Gasteiger partial charge < -0.3 is 9.73 Å². The van der Waals surface area contributed by atoms with Crippen LogP contribution >= 0.6 is 15.9 Å². The Labute approximate surface area is 90.6 Å². The second-order valence-electron chi connectivity index (χ2n) is 3.15. The minimum absolute atomic E-state index is 0.134. The first kappa shape index (κ1) is 9.68. The lowest BCUT2D eigenvalue weighted by molar-refractivity contribution is 0.455. The van der Waals surface area contributed by atoms with Crippen LogP contribution in [0.25, 0.3) is 11.1 Å². The van der Waals surface area contributed by atoms with Crippen molar-refractivity contribution in [1.29, 1.82) is 0 Å². The van der Waals surface area contributed by atoms with E-state index >= 15 is 0 Å². The normalized spacial score (nSPS) is 13.4. The SMILES string of the molecule is CNC(C)c1nc2cccc(Br)c2o1. The van der Waals surface area contributed by atoms with Crippen LogP contribution < -0.4 is 5.32 Å². The summed E-state index contributed by atoms with van der Waals surface area (Å²) >= 11 is 3.43. The van der Waals surface area contributed by atoms with Crippen LogP contribution in [0.15, 0.2) is 27.1 Å². The first-order valence-electron chi connectivity index (χ1n) is 4.44. The Morgan fingerprint density at radius 1 is 1.50 bits per heavy atom. The highest BCUT2D eigenvalue weighted by Gasteiger charge is 2.12. The van der Waals surface area contributed by atoms with Crippen molar-refractivity contribution in [2.45, 2.75) is 13.0 Å². The Morgan fingerprint density at radius 2 is 2.29 bits per heavy atom. The van der Waals surface area contributed by atoms with Crippen LogP contribution in [-0.4, -0.2) is 12.0 Å². The fraction of sp³-hybridized carbons (Fsp3) is 0.300. The number of fused-ring (bicyclic) bond motifs is 1. The molecule has 74 valence electrons. The summed E-state index contributed by atoms with van der Waals surface area (Å²) < 4.78 is 6.57. The first-order valence-corrected chi connectivity index (χ1v) is 5.24. The van der Waals surface area contributed by atoms with Crippen molar-refractivity contribution in [3.8, 4) is 0 Å². The molecule has 2 aromatic rings. The topological polar surface area (TPSA) is 38.1 Å². The zero-order valence-electron chi connectivity index (χ0n) is 8.04. The lowest BCUT2D eigenvalue weighted by Gasteiger charge is -2.02. The van der Waals surface area contributed by atoms with E-state index in [-0.39, 0.29) is 6.04 Å². The summed E-state index contributed by atoms with van der Waals surface area (Å²) in [7, 11) is 1.88. The predicted molar refractivity (Wildman–Crippen MR) is 59.2 cm³/mol. The van der Waals surface area contributed by atoms with Gasteiger partial charge >= 0.3 is 0 Å². The van der Waals surface area contributed by atoms with E-state index in [0.29, 0.717) is 0 Å². The Balaban J connectivity index is 2.56. The highest BCUT2D eigenvalue weighted by atomic mass is 79.9. The number of para-hydroxylation sites is 1. The third-order valence-corrected chi connectivity index (χ3v) is 2.81. The second kappa shape index (κ2) is 3.71. The third-order valence-electron chi connectivity index (χ3n) is 2.19. The standard InChI is InChI=1S/C10H11BrN2O/c1-6(12-2)10-13-8-5-3-4-7(11)9(8)14-10/h3-6,12H,1-2H3. The van der Waals surface area contributed by atoms with Gasteiger partial charge in [0.25, 0.3) is 0 Å². The molecule has 0 fully saturated rings. The molecule has 1 heterocycles. The molecule has 1 aromatic heterocycles. The van der Waals surface area contributed by atoms with Crippen LogP contribution in [0.1, 0.15) is 18.9 Å². The Bertz CT molecular complexity index is 452. The van der Waals surface area contributed by atoms with Gasteiger partial charge in [-0.2, -0.15) is 0 Å². The quantitative estimate of drug-likeness (QED) is 0.896. The monoisotopic (exact) mass is 254 g/mol. The molecule has 2 rings (SSSR count). The lowest BCUT2D eigenvalue weighted by Crippen LogP contribution is -2.12. The van der Waals surface area contributed by atoms with Gasteiger partial charge in [-0.05, 0) is 42.0 Å². The van der Waals surface area contributed by atoms with Crippen LogP contribution in [0.3, 0.4) is 0 Å². The summed E-state index contributed by atoms with van der Waals surface area (Å²) in [5, 5.41) is 3.09. The molecular formula is C10H11BrN2O. The van der Waals surface area contributed by atoms with E-state index < -0.39 is 0 Å². The van der Waals surface area contributed by atoms with Crippen molar-refractivity contribution < 1.29 is 4.42 Å². The molecule has 1 aromatic carbocycles. The number of aromatic nitrogens is 1. The molecule has 3 nitrogen and oxygen atoms in total. The maximum Gasteiger partial charge on any atom is 0.212 e. The summed E-state index contributed by atoms with van der Waals surface area (Å²) in [4.78, 5) is 4.39. The molecule has 4 heteroatoms. The van der Waals surface area contributed by atoms with Crippen molar-refractivity contribution in [1.82, 2.24) is 10.3 Å². The van der Waals surface area contributed by atoms with Crippen LogP contribution in [0.2, 0.25) is 0 Å². The van der Waals surface area contributed by atoms with Crippen LogP contribution in [0.4, 0.5) is 0 Å². The largest absolute Gasteiger partial charge is 0.438 e. The molecule has 1 atom stereocenters. The van der Waals surface area contributed by atoms with Gasteiger partial charge in [-0.1, -0.05) is 6.07 Å². The van der Waals surface area contributed by atoms with Crippen molar-refractivity contribution in [2.24, 2.45) is 0 Å². The molecule has 0 aliphatic carbocycles. The predicted octanol–water partition coefficient (Wildman–Crippen LogP) is 2.87. The van der Waals surface area contributed by atoms with Gasteiger partial charge in [-0.15, -0.1) is 0 Å². The van der Waals surface area contributed by atoms with Gasteiger partial charge in [-0.25, -0.2) is 4.98 Å². The molecule has 1 unspecified atom stereocenters. The molecule has 0 radical (unpaired) electrons. The summed E-state index contributed by atoms with van der Waals surface area (Å²) in [5.41, 5.74) is 1.70. The zero-order valence-corrected chi connectivity index (χ0v) is 9.63. The maximum absolute atomic E-state index is 5.63. The Hall–Kier alpha value is -0.870. The summed E-state index contributed by atoms with van der Waals surface area (Å²) in [6.45, 7) is 2.01. The molecule has 0 saturated heterocycles. The molecule has 0 aliphatic heterocycles. The van der Waals surface area contributed by atoms with Gasteiger partial charge in [-0.3, -0.25) is 0 Å². The average molecular weight is 255 g/mol. The van der Waals surface area contributed by atoms with E-state index in [2.05, 4.69) is 26.2 Å². The third kappa shape index (κ3) is 1.55. The number of nitrogens with one attached hydrogen (secondary N) is 1. The van der Waals surface area contributed by atoms with Gasteiger partial charge in [0, 0.05) is 0 Å². The minimum Gasteiger partial charge on any atom is -0.438 e. The van der Waals surface area contributed by atoms with Crippen LogP contribution in [0.5, 0.6) is 0 Å². The number of hydrogen-bond acceptors (Lipinski definition) is 3. The van der Waals surface area contributed by atoms with Crippen molar-refractivity contribution in [2.75, 3.05) is 7.05 Å². The molecular weight excluding hydrogens is 244 g/mol. The maximum atomic E-state index is 5.63. The second-order valence-corrected chi connectivity index (χ2v) is 4.00. The number of nitrogens with zero attached hydrogens (tertiary/aromatic N) is 1. The molecule has 14 heavy (non-hydrogen) atoms. The molecule has 1 N–H and O–H groups in total. The molecule has 0 aliphatic rings. The van der Waals surface area contributed by atoms with Crippen LogP contribution in [0, 0.1) is 0 Å². The molecule has 0 saturated carbocycles. The fourth-order valence-corrected chi connectivity index (χ4v) is 1.68. The van der Waals surface area contributed by atoms with Gasteiger partial charge in [0.05, 0.1) is 10.5 Å². The average Bonchev–Trinajstić information content (AvgIpc) is 2.62. The Kier molecular flexibility index (Phi) is 2.56. The zero-order chi connectivity index (χ0) is 10.1. The van der Waals surface area contributed by atoms with E-state index in [0.717, 1.165) is 21.5 Å². The lowest BCUT2D eigenvalue weighted by atomic mass is 10.3.